The van der Waals surface area contributed by atoms with Gasteiger partial charge in [-0.05, 0) is 28.8 Å². The summed E-state index contributed by atoms with van der Waals surface area (Å²) in [5.74, 6) is 1.74. The number of ether oxygens (including phenoxy) is 1. The average Bonchev–Trinajstić information content (AvgIpc) is 2.45. The zero-order valence-corrected chi connectivity index (χ0v) is 11.4. The molecule has 0 heterocycles. The molecule has 2 aromatic rings. The predicted octanol–water partition coefficient (Wildman–Crippen LogP) is 4.74. The number of hydrogen-bond donors (Lipinski definition) is 0. The van der Waals surface area contributed by atoms with Crippen LogP contribution in [0.15, 0.2) is 48.5 Å². The van der Waals surface area contributed by atoms with Crippen molar-refractivity contribution >= 4 is 23.2 Å². The fourth-order valence-corrected chi connectivity index (χ4v) is 2.20. The minimum absolute atomic E-state index is 0.449. The first-order valence-electron chi connectivity index (χ1n) is 5.74. The Balaban J connectivity index is 2.06. The molecule has 94 valence electrons. The molecule has 0 amide bonds. The van der Waals surface area contributed by atoms with E-state index in [4.69, 9.17) is 27.9 Å². The molecular formula is C15H14Cl2O. The van der Waals surface area contributed by atoms with Gasteiger partial charge in [-0.25, -0.2) is 0 Å². The molecule has 0 bridgehead atoms. The van der Waals surface area contributed by atoms with Crippen molar-refractivity contribution in [3.63, 3.8) is 0 Å². The maximum absolute atomic E-state index is 5.89. The van der Waals surface area contributed by atoms with Crippen LogP contribution in [0, 0.1) is 0 Å². The molecule has 0 aliphatic rings. The number of benzene rings is 2. The highest BCUT2D eigenvalue weighted by molar-refractivity contribution is 6.18. The fourth-order valence-electron chi connectivity index (χ4n) is 1.69. The second-order valence-electron chi connectivity index (χ2n) is 3.97. The SMILES string of the molecule is ClCc1ccc(OCc2ccccc2)cc1CCl. The van der Waals surface area contributed by atoms with Gasteiger partial charge in [0.1, 0.15) is 12.4 Å². The van der Waals surface area contributed by atoms with Gasteiger partial charge >= 0.3 is 0 Å². The van der Waals surface area contributed by atoms with Crippen molar-refractivity contribution < 1.29 is 4.74 Å². The Bertz CT molecular complexity index is 497. The molecule has 0 unspecified atom stereocenters. The summed E-state index contributed by atoms with van der Waals surface area (Å²) in [7, 11) is 0. The van der Waals surface area contributed by atoms with Crippen LogP contribution in [0.1, 0.15) is 16.7 Å². The highest BCUT2D eigenvalue weighted by Crippen LogP contribution is 2.22. The van der Waals surface area contributed by atoms with E-state index < -0.39 is 0 Å². The average molecular weight is 281 g/mol. The van der Waals surface area contributed by atoms with Gasteiger partial charge in [0.2, 0.25) is 0 Å². The normalized spacial score (nSPS) is 10.3. The minimum Gasteiger partial charge on any atom is -0.489 e. The van der Waals surface area contributed by atoms with Gasteiger partial charge in [-0.1, -0.05) is 36.4 Å². The largest absolute Gasteiger partial charge is 0.489 e. The third-order valence-corrected chi connectivity index (χ3v) is 3.29. The molecule has 2 rings (SSSR count). The molecular weight excluding hydrogens is 267 g/mol. The van der Waals surface area contributed by atoms with Crippen LogP contribution in [0.2, 0.25) is 0 Å². The van der Waals surface area contributed by atoms with E-state index in [-0.39, 0.29) is 0 Å². The maximum Gasteiger partial charge on any atom is 0.120 e. The zero-order valence-electron chi connectivity index (χ0n) is 9.90. The van der Waals surface area contributed by atoms with E-state index in [1.807, 2.05) is 48.5 Å². The number of alkyl halides is 2. The molecule has 0 atom stereocenters. The van der Waals surface area contributed by atoms with Crippen LogP contribution in [0.4, 0.5) is 0 Å². The Labute approximate surface area is 117 Å². The molecule has 2 aromatic carbocycles. The molecule has 0 spiro atoms. The van der Waals surface area contributed by atoms with Crippen LogP contribution < -0.4 is 4.74 Å². The first-order valence-corrected chi connectivity index (χ1v) is 6.81. The lowest BCUT2D eigenvalue weighted by Crippen LogP contribution is -1.97. The van der Waals surface area contributed by atoms with E-state index in [0.29, 0.717) is 18.4 Å². The van der Waals surface area contributed by atoms with Crippen molar-refractivity contribution in [1.29, 1.82) is 0 Å². The van der Waals surface area contributed by atoms with Crippen molar-refractivity contribution in [3.05, 3.63) is 65.2 Å². The summed E-state index contributed by atoms with van der Waals surface area (Å²) in [5, 5.41) is 0. The van der Waals surface area contributed by atoms with E-state index in [2.05, 4.69) is 0 Å². The minimum atomic E-state index is 0.449. The van der Waals surface area contributed by atoms with Gasteiger partial charge in [0, 0.05) is 11.8 Å². The zero-order chi connectivity index (χ0) is 12.8. The van der Waals surface area contributed by atoms with Crippen LogP contribution in [0.3, 0.4) is 0 Å². The molecule has 0 saturated carbocycles. The summed E-state index contributed by atoms with van der Waals surface area (Å²) < 4.78 is 5.73. The summed E-state index contributed by atoms with van der Waals surface area (Å²) in [4.78, 5) is 0. The van der Waals surface area contributed by atoms with Gasteiger partial charge in [-0.2, -0.15) is 0 Å². The number of halogens is 2. The Kier molecular flexibility index (Phi) is 4.91. The summed E-state index contributed by atoms with van der Waals surface area (Å²) in [5.41, 5.74) is 3.22. The fraction of sp³-hybridized carbons (Fsp3) is 0.200. The highest BCUT2D eigenvalue weighted by atomic mass is 35.5. The second kappa shape index (κ2) is 6.67. The monoisotopic (exact) mass is 280 g/mol. The smallest absolute Gasteiger partial charge is 0.120 e. The van der Waals surface area contributed by atoms with Crippen LogP contribution in [0.25, 0.3) is 0 Å². The Morgan fingerprint density at radius 2 is 1.56 bits per heavy atom. The molecule has 3 heteroatoms. The third kappa shape index (κ3) is 3.41. The van der Waals surface area contributed by atoms with Crippen molar-refractivity contribution in [2.45, 2.75) is 18.4 Å². The molecule has 0 aliphatic heterocycles. The Hall–Kier alpha value is -1.18. The lowest BCUT2D eigenvalue weighted by molar-refractivity contribution is 0.306. The Morgan fingerprint density at radius 3 is 2.22 bits per heavy atom. The molecule has 0 aliphatic carbocycles. The molecule has 0 saturated heterocycles. The van der Waals surface area contributed by atoms with E-state index in [0.717, 1.165) is 22.4 Å². The van der Waals surface area contributed by atoms with E-state index in [9.17, 15) is 0 Å². The van der Waals surface area contributed by atoms with Gasteiger partial charge in [-0.15, -0.1) is 23.2 Å². The third-order valence-electron chi connectivity index (χ3n) is 2.71. The van der Waals surface area contributed by atoms with Crippen molar-refractivity contribution in [3.8, 4) is 5.75 Å². The number of rotatable bonds is 5. The molecule has 0 radical (unpaired) electrons. The van der Waals surface area contributed by atoms with Crippen molar-refractivity contribution in [2.24, 2.45) is 0 Å². The van der Waals surface area contributed by atoms with Crippen molar-refractivity contribution in [1.82, 2.24) is 0 Å². The van der Waals surface area contributed by atoms with Gasteiger partial charge in [0.25, 0.3) is 0 Å². The molecule has 18 heavy (non-hydrogen) atoms. The Morgan fingerprint density at radius 1 is 0.833 bits per heavy atom. The predicted molar refractivity (Wildman–Crippen MR) is 76.3 cm³/mol. The van der Waals surface area contributed by atoms with Gasteiger partial charge in [0.15, 0.2) is 0 Å². The summed E-state index contributed by atoms with van der Waals surface area (Å²) in [6.45, 7) is 0.558. The van der Waals surface area contributed by atoms with Crippen LogP contribution >= 0.6 is 23.2 Å². The topological polar surface area (TPSA) is 9.23 Å². The molecule has 0 fully saturated rings. The van der Waals surface area contributed by atoms with Gasteiger partial charge in [0.05, 0.1) is 0 Å². The first-order chi connectivity index (χ1) is 8.83. The summed E-state index contributed by atoms with van der Waals surface area (Å²) >= 11 is 11.7. The summed E-state index contributed by atoms with van der Waals surface area (Å²) in [6, 6.07) is 15.9. The lowest BCUT2D eigenvalue weighted by atomic mass is 10.1. The van der Waals surface area contributed by atoms with Crippen LogP contribution in [0.5, 0.6) is 5.75 Å². The van der Waals surface area contributed by atoms with Crippen molar-refractivity contribution in [2.75, 3.05) is 0 Å². The molecule has 1 nitrogen and oxygen atoms in total. The quantitative estimate of drug-likeness (QED) is 0.719. The van der Waals surface area contributed by atoms with Gasteiger partial charge in [-0.3, -0.25) is 0 Å². The van der Waals surface area contributed by atoms with E-state index in [1.165, 1.54) is 0 Å². The van der Waals surface area contributed by atoms with E-state index in [1.54, 1.807) is 0 Å². The molecule has 0 aromatic heterocycles. The number of hydrogen-bond acceptors (Lipinski definition) is 1. The van der Waals surface area contributed by atoms with E-state index >= 15 is 0 Å². The van der Waals surface area contributed by atoms with Gasteiger partial charge < -0.3 is 4.74 Å². The standard InChI is InChI=1S/C15H14Cl2O/c16-9-13-6-7-15(8-14(13)10-17)18-11-12-4-2-1-3-5-12/h1-8H,9-11H2. The summed E-state index contributed by atoms with van der Waals surface area (Å²) in [6.07, 6.45) is 0. The lowest BCUT2D eigenvalue weighted by Gasteiger charge is -2.09. The molecule has 0 N–H and O–H groups in total. The van der Waals surface area contributed by atoms with Crippen LogP contribution in [-0.2, 0) is 18.4 Å². The van der Waals surface area contributed by atoms with Crippen LogP contribution in [-0.4, -0.2) is 0 Å². The second-order valence-corrected chi connectivity index (χ2v) is 4.51. The first kappa shape index (κ1) is 13.3. The maximum atomic E-state index is 5.89. The highest BCUT2D eigenvalue weighted by Gasteiger charge is 2.03.